The zero-order valence-corrected chi connectivity index (χ0v) is 10.2. The number of ketones is 1. The second-order valence-electron chi connectivity index (χ2n) is 4.29. The highest BCUT2D eigenvalue weighted by atomic mass is 16.1. The highest BCUT2D eigenvalue weighted by molar-refractivity contribution is 6.07. The molecule has 2 N–H and O–H groups in total. The average Bonchev–Trinajstić information content (AvgIpc) is 2.75. The molecule has 5 heteroatoms. The van der Waals surface area contributed by atoms with Crippen LogP contribution in [0.4, 0.5) is 5.69 Å². The lowest BCUT2D eigenvalue weighted by molar-refractivity contribution is 0.101. The van der Waals surface area contributed by atoms with Crippen LogP contribution in [0, 0.1) is 11.3 Å². The number of carbonyl (C=O) groups excluding carboxylic acids is 1. The van der Waals surface area contributed by atoms with Gasteiger partial charge in [0.2, 0.25) is 0 Å². The highest BCUT2D eigenvalue weighted by Gasteiger charge is 2.18. The average molecular weight is 250 g/mol. The molecule has 19 heavy (non-hydrogen) atoms. The molecule has 3 rings (SSSR count). The Morgan fingerprint density at radius 2 is 2.16 bits per heavy atom. The maximum absolute atomic E-state index is 11.8. The number of imidazole rings is 1. The smallest absolute Gasteiger partial charge is 0.165 e. The van der Waals surface area contributed by atoms with Crippen LogP contribution in [-0.4, -0.2) is 15.2 Å². The van der Waals surface area contributed by atoms with E-state index >= 15 is 0 Å². The summed E-state index contributed by atoms with van der Waals surface area (Å²) >= 11 is 0. The van der Waals surface area contributed by atoms with Crippen molar-refractivity contribution in [2.75, 3.05) is 5.73 Å². The van der Waals surface area contributed by atoms with Gasteiger partial charge in [0.05, 0.1) is 27.8 Å². The van der Waals surface area contributed by atoms with Gasteiger partial charge in [-0.15, -0.1) is 0 Å². The number of nitrogens with two attached hydrogens (primary N) is 1. The van der Waals surface area contributed by atoms with Gasteiger partial charge in [-0.1, -0.05) is 12.1 Å². The van der Waals surface area contributed by atoms with Crippen LogP contribution in [0.1, 0.15) is 22.8 Å². The third-order valence-corrected chi connectivity index (χ3v) is 3.11. The topological polar surface area (TPSA) is 84.2 Å². The van der Waals surface area contributed by atoms with Crippen molar-refractivity contribution in [3.05, 3.63) is 41.6 Å². The largest absolute Gasteiger partial charge is 0.397 e. The Hall–Kier alpha value is -2.87. The van der Waals surface area contributed by atoms with E-state index in [1.54, 1.807) is 10.6 Å². The zero-order valence-electron chi connectivity index (χ0n) is 10.2. The van der Waals surface area contributed by atoms with Gasteiger partial charge in [-0.3, -0.25) is 9.20 Å². The van der Waals surface area contributed by atoms with Gasteiger partial charge in [0.1, 0.15) is 6.07 Å². The highest BCUT2D eigenvalue weighted by Crippen LogP contribution is 2.26. The third-order valence-electron chi connectivity index (χ3n) is 3.11. The molecule has 0 atom stereocenters. The molecular weight excluding hydrogens is 240 g/mol. The Morgan fingerprint density at radius 1 is 1.42 bits per heavy atom. The lowest BCUT2D eigenvalue weighted by Gasteiger charge is -2.06. The molecule has 0 unspecified atom stereocenters. The summed E-state index contributed by atoms with van der Waals surface area (Å²) < 4.78 is 1.74. The molecule has 2 heterocycles. The van der Waals surface area contributed by atoms with E-state index < -0.39 is 0 Å². The minimum Gasteiger partial charge on any atom is -0.397 e. The fourth-order valence-corrected chi connectivity index (χ4v) is 2.24. The van der Waals surface area contributed by atoms with Crippen LogP contribution >= 0.6 is 0 Å². The lowest BCUT2D eigenvalue weighted by atomic mass is 10.1. The number of nitriles is 1. The zero-order chi connectivity index (χ0) is 13.6. The van der Waals surface area contributed by atoms with Gasteiger partial charge in [-0.05, 0) is 19.1 Å². The van der Waals surface area contributed by atoms with Gasteiger partial charge in [-0.25, -0.2) is 4.98 Å². The maximum atomic E-state index is 11.8. The van der Waals surface area contributed by atoms with E-state index in [1.165, 1.54) is 6.92 Å². The van der Waals surface area contributed by atoms with E-state index in [0.717, 1.165) is 11.0 Å². The summed E-state index contributed by atoms with van der Waals surface area (Å²) in [6.45, 7) is 1.42. The first kappa shape index (κ1) is 11.2. The van der Waals surface area contributed by atoms with Gasteiger partial charge in [0.15, 0.2) is 11.4 Å². The molecular formula is C14H10N4O. The number of pyridine rings is 1. The monoisotopic (exact) mass is 250 g/mol. The number of benzene rings is 1. The van der Waals surface area contributed by atoms with Crippen LogP contribution in [0.5, 0.6) is 0 Å². The fraction of sp³-hybridized carbons (Fsp3) is 0.0714. The predicted molar refractivity (Wildman–Crippen MR) is 71.8 cm³/mol. The van der Waals surface area contributed by atoms with Crippen molar-refractivity contribution in [3.8, 4) is 6.07 Å². The number of aromatic nitrogens is 2. The molecule has 92 valence electrons. The number of carbonyl (C=O) groups is 1. The molecule has 0 aliphatic carbocycles. The number of rotatable bonds is 1. The van der Waals surface area contributed by atoms with Crippen molar-refractivity contribution in [2.45, 2.75) is 6.92 Å². The minimum atomic E-state index is -0.199. The standard InChI is InChI=1S/C14H10N4O/c1-8(19)12-13(16)9(6-15)7-18-11-5-3-2-4-10(11)17-14(12)18/h2-5,7H,16H2,1H3. The SMILES string of the molecule is CC(=O)c1c(N)c(C#N)cn2c1nc1ccccc12. The number of nitrogens with zero attached hydrogens (tertiary/aromatic N) is 3. The molecule has 0 amide bonds. The Balaban J connectivity index is 2.61. The quantitative estimate of drug-likeness (QED) is 0.670. The summed E-state index contributed by atoms with van der Waals surface area (Å²) in [6, 6.07) is 9.51. The van der Waals surface area contributed by atoms with Gasteiger partial charge in [0, 0.05) is 6.20 Å². The molecule has 5 nitrogen and oxygen atoms in total. The molecule has 0 saturated heterocycles. The molecule has 0 bridgehead atoms. The number of anilines is 1. The molecule has 0 saturated carbocycles. The van der Waals surface area contributed by atoms with Crippen molar-refractivity contribution >= 4 is 28.2 Å². The summed E-state index contributed by atoms with van der Waals surface area (Å²) in [5, 5.41) is 9.12. The van der Waals surface area contributed by atoms with Crippen LogP contribution in [-0.2, 0) is 0 Å². The molecule has 0 aliphatic rings. The predicted octanol–water partition coefficient (Wildman–Crippen LogP) is 2.14. The van der Waals surface area contributed by atoms with Gasteiger partial charge in [0.25, 0.3) is 0 Å². The van der Waals surface area contributed by atoms with Gasteiger partial charge >= 0.3 is 0 Å². The number of Topliss-reactive ketones (excluding diaryl/α,β-unsaturated/α-hetero) is 1. The molecule has 0 radical (unpaired) electrons. The Labute approximate surface area is 108 Å². The van der Waals surface area contributed by atoms with Crippen LogP contribution in [0.15, 0.2) is 30.5 Å². The summed E-state index contributed by atoms with van der Waals surface area (Å²) in [4.78, 5) is 16.2. The van der Waals surface area contributed by atoms with Crippen molar-refractivity contribution in [2.24, 2.45) is 0 Å². The normalized spacial score (nSPS) is 10.7. The molecule has 0 spiro atoms. The van der Waals surface area contributed by atoms with Crippen LogP contribution < -0.4 is 5.73 Å². The number of fused-ring (bicyclic) bond motifs is 3. The van der Waals surface area contributed by atoms with E-state index in [9.17, 15) is 4.79 Å². The summed E-state index contributed by atoms with van der Waals surface area (Å²) in [6.07, 6.45) is 1.62. The van der Waals surface area contributed by atoms with Crippen molar-refractivity contribution in [3.63, 3.8) is 0 Å². The van der Waals surface area contributed by atoms with E-state index in [-0.39, 0.29) is 17.0 Å². The Bertz CT molecular complexity index is 870. The molecule has 0 fully saturated rings. The fourth-order valence-electron chi connectivity index (χ4n) is 2.24. The maximum Gasteiger partial charge on any atom is 0.165 e. The van der Waals surface area contributed by atoms with Gasteiger partial charge in [-0.2, -0.15) is 5.26 Å². The lowest BCUT2D eigenvalue weighted by Crippen LogP contribution is -2.06. The van der Waals surface area contributed by atoms with Crippen molar-refractivity contribution in [1.29, 1.82) is 5.26 Å². The van der Waals surface area contributed by atoms with E-state index in [0.29, 0.717) is 11.2 Å². The molecule has 2 aromatic heterocycles. The van der Waals surface area contributed by atoms with Crippen LogP contribution in [0.25, 0.3) is 16.7 Å². The minimum absolute atomic E-state index is 0.192. The van der Waals surface area contributed by atoms with Gasteiger partial charge < -0.3 is 5.73 Å². The number of hydrogen-bond donors (Lipinski definition) is 1. The first-order chi connectivity index (χ1) is 9.13. The summed E-state index contributed by atoms with van der Waals surface area (Å²) in [7, 11) is 0. The van der Waals surface area contributed by atoms with E-state index in [4.69, 9.17) is 11.0 Å². The first-order valence-corrected chi connectivity index (χ1v) is 5.74. The Kier molecular flexibility index (Phi) is 2.26. The van der Waals surface area contributed by atoms with E-state index in [1.807, 2.05) is 30.3 Å². The molecule has 0 aliphatic heterocycles. The Morgan fingerprint density at radius 3 is 2.84 bits per heavy atom. The van der Waals surface area contributed by atoms with E-state index in [2.05, 4.69) is 4.98 Å². The molecule has 1 aromatic carbocycles. The third kappa shape index (κ3) is 1.47. The van der Waals surface area contributed by atoms with Crippen LogP contribution in [0.2, 0.25) is 0 Å². The summed E-state index contributed by atoms with van der Waals surface area (Å²) in [5.41, 5.74) is 8.76. The van der Waals surface area contributed by atoms with Crippen LogP contribution in [0.3, 0.4) is 0 Å². The van der Waals surface area contributed by atoms with Crippen molar-refractivity contribution < 1.29 is 4.79 Å². The second-order valence-corrected chi connectivity index (χ2v) is 4.29. The number of para-hydroxylation sites is 2. The number of hydrogen-bond acceptors (Lipinski definition) is 4. The summed E-state index contributed by atoms with van der Waals surface area (Å²) in [5.74, 6) is -0.199. The number of nitrogen functional groups attached to an aromatic ring is 1. The second kappa shape index (κ2) is 3.82. The molecule has 3 aromatic rings. The van der Waals surface area contributed by atoms with Crippen molar-refractivity contribution in [1.82, 2.24) is 9.38 Å². The first-order valence-electron chi connectivity index (χ1n) is 5.74.